The molecule has 1 aromatic carbocycles. The third kappa shape index (κ3) is 7.30. The molecule has 0 radical (unpaired) electrons. The number of rotatable bonds is 10. The maximum Gasteiger partial charge on any atom is 0.329 e. The lowest BCUT2D eigenvalue weighted by Gasteiger charge is -2.11. The Morgan fingerprint density at radius 1 is 1.07 bits per heavy atom. The predicted molar refractivity (Wildman–Crippen MR) is 110 cm³/mol. The fraction of sp³-hybridized carbons (Fsp3) is 0.500. The molecule has 0 aliphatic rings. The molecule has 0 amide bonds. The molecule has 0 saturated heterocycles. The molecular weight excluding hydrogens is 360 g/mol. The maximum absolute atomic E-state index is 12.0. The number of hydrogen-bond acceptors (Lipinski definition) is 4. The minimum atomic E-state index is -0.627. The van der Waals surface area contributed by atoms with E-state index >= 15 is 0 Å². The molecule has 4 nitrogen and oxygen atoms in total. The van der Waals surface area contributed by atoms with Crippen LogP contribution in [0.1, 0.15) is 58.4 Å². The van der Waals surface area contributed by atoms with Crippen LogP contribution in [-0.4, -0.2) is 21.3 Å². The Hall–Kier alpha value is -1.94. The molecule has 1 aromatic heterocycles. The molecule has 2 rings (SSSR count). The minimum Gasteiger partial charge on any atom is -0.425 e. The van der Waals surface area contributed by atoms with Crippen molar-refractivity contribution in [3.05, 3.63) is 42.2 Å². The number of carbonyl (C=O) groups excluding carboxylic acids is 1. The van der Waals surface area contributed by atoms with Crippen LogP contribution in [-0.2, 0) is 11.2 Å². The lowest BCUT2D eigenvalue weighted by Crippen LogP contribution is -2.22. The summed E-state index contributed by atoms with van der Waals surface area (Å²) in [5.74, 6) is 1.07. The number of esters is 1. The Morgan fingerprint density at radius 2 is 1.74 bits per heavy atom. The Morgan fingerprint density at radius 3 is 2.33 bits per heavy atom. The van der Waals surface area contributed by atoms with Gasteiger partial charge in [-0.2, -0.15) is 0 Å². The van der Waals surface area contributed by atoms with Crippen LogP contribution in [0.3, 0.4) is 0 Å². The van der Waals surface area contributed by atoms with Crippen LogP contribution in [0, 0.1) is 5.92 Å². The van der Waals surface area contributed by atoms with E-state index in [4.69, 9.17) is 16.3 Å². The van der Waals surface area contributed by atoms with Gasteiger partial charge >= 0.3 is 5.97 Å². The van der Waals surface area contributed by atoms with Gasteiger partial charge in [0.2, 0.25) is 0 Å². The van der Waals surface area contributed by atoms with Crippen LogP contribution in [0.4, 0.5) is 0 Å². The van der Waals surface area contributed by atoms with E-state index in [0.717, 1.165) is 12.0 Å². The van der Waals surface area contributed by atoms with E-state index in [2.05, 4.69) is 16.9 Å². The molecule has 146 valence electrons. The first-order valence-corrected chi connectivity index (χ1v) is 10.2. The number of halogens is 1. The largest absolute Gasteiger partial charge is 0.425 e. The third-order valence-electron chi connectivity index (χ3n) is 4.29. The fourth-order valence-corrected chi connectivity index (χ4v) is 3.15. The molecule has 0 aliphatic heterocycles. The summed E-state index contributed by atoms with van der Waals surface area (Å²) in [6.45, 7) is 6.26. The second-order valence-corrected chi connectivity index (χ2v) is 7.79. The third-order valence-corrected chi connectivity index (χ3v) is 4.65. The van der Waals surface area contributed by atoms with Crippen molar-refractivity contribution in [1.29, 1.82) is 0 Å². The van der Waals surface area contributed by atoms with Gasteiger partial charge in [-0.15, -0.1) is 11.6 Å². The van der Waals surface area contributed by atoms with E-state index in [9.17, 15) is 4.79 Å². The van der Waals surface area contributed by atoms with Crippen LogP contribution in [0.25, 0.3) is 11.4 Å². The first-order chi connectivity index (χ1) is 13.0. The van der Waals surface area contributed by atoms with Gasteiger partial charge in [0.25, 0.3) is 0 Å². The van der Waals surface area contributed by atoms with Gasteiger partial charge in [0.05, 0.1) is 0 Å². The van der Waals surface area contributed by atoms with Crippen molar-refractivity contribution in [1.82, 2.24) is 9.97 Å². The average molecular weight is 389 g/mol. The smallest absolute Gasteiger partial charge is 0.329 e. The molecule has 5 heteroatoms. The number of hydrogen-bond donors (Lipinski definition) is 0. The molecule has 1 atom stereocenters. The van der Waals surface area contributed by atoms with Gasteiger partial charge in [-0.3, -0.25) is 4.79 Å². The number of benzene rings is 1. The zero-order chi connectivity index (χ0) is 19.6. The van der Waals surface area contributed by atoms with Gasteiger partial charge in [-0.05, 0) is 55.0 Å². The van der Waals surface area contributed by atoms with Gasteiger partial charge in [0.15, 0.2) is 5.82 Å². The van der Waals surface area contributed by atoms with Crippen molar-refractivity contribution in [2.24, 2.45) is 5.92 Å². The van der Waals surface area contributed by atoms with E-state index in [1.807, 2.05) is 38.4 Å². The average Bonchev–Trinajstić information content (AvgIpc) is 2.66. The summed E-state index contributed by atoms with van der Waals surface area (Å²) >= 11 is 6.08. The second kappa shape index (κ2) is 11.0. The van der Waals surface area contributed by atoms with E-state index in [1.165, 1.54) is 31.2 Å². The van der Waals surface area contributed by atoms with Crippen LogP contribution in [0.2, 0.25) is 0 Å². The van der Waals surface area contributed by atoms with Crippen LogP contribution < -0.4 is 4.74 Å². The zero-order valence-corrected chi connectivity index (χ0v) is 17.2. The van der Waals surface area contributed by atoms with Crippen LogP contribution >= 0.6 is 11.6 Å². The summed E-state index contributed by atoms with van der Waals surface area (Å²) in [5.41, 5.74) is 2.05. The first kappa shape index (κ1) is 21.4. The van der Waals surface area contributed by atoms with Crippen LogP contribution in [0.5, 0.6) is 5.75 Å². The normalized spacial score (nSPS) is 12.2. The molecular formula is C22H29ClN2O2. The number of ether oxygens (including phenoxy) is 1. The monoisotopic (exact) mass is 388 g/mol. The van der Waals surface area contributed by atoms with E-state index in [1.54, 1.807) is 12.1 Å². The summed E-state index contributed by atoms with van der Waals surface area (Å²) in [6, 6.07) is 7.19. The lowest BCUT2D eigenvalue weighted by molar-refractivity contribution is -0.134. The number of nitrogens with zero attached hydrogens (tertiary/aromatic N) is 2. The topological polar surface area (TPSA) is 52.1 Å². The van der Waals surface area contributed by atoms with Gasteiger partial charge < -0.3 is 4.74 Å². The number of aromatic nitrogens is 2. The Labute approximate surface area is 167 Å². The number of unbranched alkanes of at least 4 members (excludes halogenated alkanes) is 3. The SMILES string of the molecule is CCCCCCc1cnc(-c2ccc(OC(=O)C(Cl)CC(C)C)cc2)nc1. The van der Waals surface area contributed by atoms with Gasteiger partial charge in [-0.1, -0.05) is 40.0 Å². The molecule has 0 aliphatic carbocycles. The molecule has 0 fully saturated rings. The van der Waals surface area contributed by atoms with Crippen molar-refractivity contribution in [3.63, 3.8) is 0 Å². The first-order valence-electron chi connectivity index (χ1n) is 9.76. The molecule has 0 bridgehead atoms. The van der Waals surface area contributed by atoms with Crippen molar-refractivity contribution in [2.75, 3.05) is 0 Å². The van der Waals surface area contributed by atoms with Crippen molar-refractivity contribution in [2.45, 2.75) is 64.7 Å². The van der Waals surface area contributed by atoms with Crippen molar-refractivity contribution in [3.8, 4) is 17.1 Å². The van der Waals surface area contributed by atoms with Crippen LogP contribution in [0.15, 0.2) is 36.7 Å². The molecule has 0 spiro atoms. The molecule has 0 N–H and O–H groups in total. The maximum atomic E-state index is 12.0. The van der Waals surface area contributed by atoms with E-state index in [-0.39, 0.29) is 0 Å². The molecule has 0 saturated carbocycles. The Bertz CT molecular complexity index is 699. The highest BCUT2D eigenvalue weighted by Gasteiger charge is 2.19. The summed E-state index contributed by atoms with van der Waals surface area (Å²) in [5, 5.41) is -0.627. The highest BCUT2D eigenvalue weighted by molar-refractivity contribution is 6.30. The van der Waals surface area contributed by atoms with Gasteiger partial charge in [0, 0.05) is 18.0 Å². The van der Waals surface area contributed by atoms with Gasteiger partial charge in [-0.25, -0.2) is 9.97 Å². The second-order valence-electron chi connectivity index (χ2n) is 7.27. The molecule has 1 heterocycles. The molecule has 27 heavy (non-hydrogen) atoms. The number of aryl methyl sites for hydroxylation is 1. The Balaban J connectivity index is 1.91. The zero-order valence-electron chi connectivity index (χ0n) is 16.5. The van der Waals surface area contributed by atoms with E-state index < -0.39 is 11.3 Å². The lowest BCUT2D eigenvalue weighted by atomic mass is 10.1. The number of alkyl halides is 1. The number of carbonyl (C=O) groups is 1. The molecule has 2 aromatic rings. The molecule has 1 unspecified atom stereocenters. The summed E-state index contributed by atoms with van der Waals surface area (Å²) in [6.07, 6.45) is 10.3. The quantitative estimate of drug-likeness (QED) is 0.222. The van der Waals surface area contributed by atoms with Crippen molar-refractivity contribution < 1.29 is 9.53 Å². The summed E-state index contributed by atoms with van der Waals surface area (Å²) in [4.78, 5) is 20.9. The predicted octanol–water partition coefficient (Wildman–Crippen LogP) is 5.83. The Kier molecular flexibility index (Phi) is 8.73. The fourth-order valence-electron chi connectivity index (χ4n) is 2.75. The highest BCUT2D eigenvalue weighted by atomic mass is 35.5. The summed E-state index contributed by atoms with van der Waals surface area (Å²) in [7, 11) is 0. The van der Waals surface area contributed by atoms with Gasteiger partial charge in [0.1, 0.15) is 11.1 Å². The highest BCUT2D eigenvalue weighted by Crippen LogP contribution is 2.21. The standard InChI is InChI=1S/C22H29ClN2O2/c1-4-5-6-7-8-17-14-24-21(25-15-17)18-9-11-19(12-10-18)27-22(26)20(23)13-16(2)3/h9-12,14-16,20H,4-8,13H2,1-3H3. The minimum absolute atomic E-state index is 0.342. The van der Waals surface area contributed by atoms with E-state index in [0.29, 0.717) is 23.9 Å². The van der Waals surface area contributed by atoms with Crippen molar-refractivity contribution >= 4 is 17.6 Å². The summed E-state index contributed by atoms with van der Waals surface area (Å²) < 4.78 is 5.34.